The normalized spacial score (nSPS) is 12.3. The zero-order valence-electron chi connectivity index (χ0n) is 11.3. The Kier molecular flexibility index (Phi) is 6.43. The Morgan fingerprint density at radius 1 is 1.35 bits per heavy atom. The van der Waals surface area contributed by atoms with Crippen molar-refractivity contribution in [2.24, 2.45) is 5.92 Å². The molecule has 0 radical (unpaired) electrons. The third-order valence-electron chi connectivity index (χ3n) is 2.77. The molecular weight excluding hydrogens is 261 g/mol. The third kappa shape index (κ3) is 6.68. The van der Waals surface area contributed by atoms with Crippen molar-refractivity contribution in [3.63, 3.8) is 0 Å². The summed E-state index contributed by atoms with van der Waals surface area (Å²) in [5.74, 6) is -1.30. The lowest BCUT2D eigenvalue weighted by Gasteiger charge is -2.09. The van der Waals surface area contributed by atoms with Crippen LogP contribution in [0.1, 0.15) is 25.3 Å². The summed E-state index contributed by atoms with van der Waals surface area (Å²) in [6.45, 7) is 2.31. The molecule has 0 heterocycles. The van der Waals surface area contributed by atoms with Gasteiger partial charge >= 0.3 is 5.97 Å². The molecule has 0 aliphatic heterocycles. The minimum absolute atomic E-state index is 0.0997. The Morgan fingerprint density at radius 3 is 2.60 bits per heavy atom. The lowest BCUT2D eigenvalue weighted by molar-refractivity contribution is -0.137. The predicted octanol–water partition coefficient (Wildman–Crippen LogP) is 2.46. The highest BCUT2D eigenvalue weighted by molar-refractivity contribution is 5.91. The highest BCUT2D eigenvalue weighted by Crippen LogP contribution is 2.05. The van der Waals surface area contributed by atoms with Crippen LogP contribution in [0.25, 0.3) is 6.08 Å². The SMILES string of the molecule is CC(CCC(=O)O)CNC(=O)/C=C/c1ccc(F)cc1. The smallest absolute Gasteiger partial charge is 0.303 e. The van der Waals surface area contributed by atoms with E-state index < -0.39 is 5.97 Å². The van der Waals surface area contributed by atoms with Gasteiger partial charge in [0.05, 0.1) is 0 Å². The van der Waals surface area contributed by atoms with E-state index in [4.69, 9.17) is 5.11 Å². The minimum atomic E-state index is -0.834. The van der Waals surface area contributed by atoms with Crippen molar-refractivity contribution >= 4 is 18.0 Å². The van der Waals surface area contributed by atoms with Crippen LogP contribution in [0.3, 0.4) is 0 Å². The number of carbonyl (C=O) groups excluding carboxylic acids is 1. The molecule has 5 heteroatoms. The molecule has 0 spiro atoms. The monoisotopic (exact) mass is 279 g/mol. The number of hydrogen-bond donors (Lipinski definition) is 2. The average Bonchev–Trinajstić information content (AvgIpc) is 2.42. The van der Waals surface area contributed by atoms with E-state index in [0.717, 1.165) is 5.56 Å². The first kappa shape index (κ1) is 15.9. The maximum Gasteiger partial charge on any atom is 0.303 e. The van der Waals surface area contributed by atoms with Crippen molar-refractivity contribution in [3.05, 3.63) is 41.7 Å². The predicted molar refractivity (Wildman–Crippen MR) is 74.5 cm³/mol. The van der Waals surface area contributed by atoms with E-state index in [-0.39, 0.29) is 24.1 Å². The maximum absolute atomic E-state index is 12.7. The fourth-order valence-electron chi connectivity index (χ4n) is 1.55. The molecular formula is C15H18FNO3. The second-order valence-electron chi connectivity index (χ2n) is 4.67. The van der Waals surface area contributed by atoms with Crippen LogP contribution >= 0.6 is 0 Å². The third-order valence-corrected chi connectivity index (χ3v) is 2.77. The van der Waals surface area contributed by atoms with Crippen LogP contribution in [-0.4, -0.2) is 23.5 Å². The van der Waals surface area contributed by atoms with Crippen molar-refractivity contribution in [3.8, 4) is 0 Å². The second-order valence-corrected chi connectivity index (χ2v) is 4.67. The highest BCUT2D eigenvalue weighted by atomic mass is 19.1. The summed E-state index contributed by atoms with van der Waals surface area (Å²) in [7, 11) is 0. The van der Waals surface area contributed by atoms with Crippen LogP contribution in [0.2, 0.25) is 0 Å². The summed E-state index contributed by atoms with van der Waals surface area (Å²) in [5, 5.41) is 11.2. The summed E-state index contributed by atoms with van der Waals surface area (Å²) in [4.78, 5) is 21.9. The molecule has 1 rings (SSSR count). The molecule has 0 aliphatic carbocycles. The Bertz CT molecular complexity index is 482. The van der Waals surface area contributed by atoms with Crippen molar-refractivity contribution < 1.29 is 19.1 Å². The van der Waals surface area contributed by atoms with Crippen molar-refractivity contribution in [1.29, 1.82) is 0 Å². The van der Waals surface area contributed by atoms with Gasteiger partial charge in [0.1, 0.15) is 5.82 Å². The molecule has 0 saturated heterocycles. The Hall–Kier alpha value is -2.17. The molecule has 0 aliphatic rings. The van der Waals surface area contributed by atoms with Gasteiger partial charge in [0.25, 0.3) is 0 Å². The van der Waals surface area contributed by atoms with E-state index in [1.165, 1.54) is 18.2 Å². The number of aliphatic carboxylic acids is 1. The lowest BCUT2D eigenvalue weighted by atomic mass is 10.1. The fraction of sp³-hybridized carbons (Fsp3) is 0.333. The standard InChI is InChI=1S/C15H18FNO3/c1-11(2-9-15(19)20)10-17-14(18)8-5-12-3-6-13(16)7-4-12/h3-8,11H,2,9-10H2,1H3,(H,17,18)(H,19,20)/b8-5+. The Morgan fingerprint density at radius 2 is 2.00 bits per heavy atom. The maximum atomic E-state index is 12.7. The van der Waals surface area contributed by atoms with E-state index >= 15 is 0 Å². The van der Waals surface area contributed by atoms with Crippen LogP contribution in [0.4, 0.5) is 4.39 Å². The number of hydrogen-bond acceptors (Lipinski definition) is 2. The number of carboxylic acids is 1. The molecule has 1 aromatic carbocycles. The van der Waals surface area contributed by atoms with Gasteiger partial charge < -0.3 is 10.4 Å². The Balaban J connectivity index is 2.32. The fourth-order valence-corrected chi connectivity index (χ4v) is 1.55. The van der Waals surface area contributed by atoms with Crippen molar-refractivity contribution in [1.82, 2.24) is 5.32 Å². The number of carboxylic acid groups (broad SMARTS) is 1. The van der Waals surface area contributed by atoms with E-state index in [9.17, 15) is 14.0 Å². The number of carbonyl (C=O) groups is 2. The first-order chi connectivity index (χ1) is 9.47. The quantitative estimate of drug-likeness (QED) is 0.753. The van der Waals surface area contributed by atoms with E-state index in [1.807, 2.05) is 6.92 Å². The number of nitrogens with one attached hydrogen (secondary N) is 1. The number of amides is 1. The largest absolute Gasteiger partial charge is 0.481 e. The lowest BCUT2D eigenvalue weighted by Crippen LogP contribution is -2.26. The molecule has 0 aromatic heterocycles. The molecule has 1 unspecified atom stereocenters. The van der Waals surface area contributed by atoms with E-state index in [2.05, 4.69) is 5.32 Å². The van der Waals surface area contributed by atoms with Crippen molar-refractivity contribution in [2.75, 3.05) is 6.54 Å². The molecule has 0 fully saturated rings. The van der Waals surface area contributed by atoms with E-state index in [1.54, 1.807) is 18.2 Å². The molecule has 2 N–H and O–H groups in total. The van der Waals surface area contributed by atoms with Gasteiger partial charge in [-0.15, -0.1) is 0 Å². The summed E-state index contributed by atoms with van der Waals surface area (Å²) < 4.78 is 12.7. The summed E-state index contributed by atoms with van der Waals surface area (Å²) in [6, 6.07) is 5.81. The zero-order valence-corrected chi connectivity index (χ0v) is 11.3. The van der Waals surface area contributed by atoms with Crippen LogP contribution in [0.15, 0.2) is 30.3 Å². The van der Waals surface area contributed by atoms with Gasteiger partial charge in [0.15, 0.2) is 0 Å². The van der Waals surface area contributed by atoms with Gasteiger partial charge in [-0.05, 0) is 36.1 Å². The van der Waals surface area contributed by atoms with Gasteiger partial charge in [-0.25, -0.2) is 4.39 Å². The number of halogens is 1. The molecule has 0 bridgehead atoms. The van der Waals surface area contributed by atoms with Crippen LogP contribution in [-0.2, 0) is 9.59 Å². The molecule has 20 heavy (non-hydrogen) atoms. The van der Waals surface area contributed by atoms with Gasteiger partial charge in [-0.2, -0.15) is 0 Å². The molecule has 1 atom stereocenters. The van der Waals surface area contributed by atoms with Crippen LogP contribution < -0.4 is 5.32 Å². The second kappa shape index (κ2) is 8.09. The molecule has 1 amide bonds. The summed E-state index contributed by atoms with van der Waals surface area (Å²) >= 11 is 0. The molecule has 108 valence electrons. The van der Waals surface area contributed by atoms with Gasteiger partial charge in [-0.1, -0.05) is 19.1 Å². The van der Waals surface area contributed by atoms with Gasteiger partial charge in [0.2, 0.25) is 5.91 Å². The van der Waals surface area contributed by atoms with Crippen molar-refractivity contribution in [2.45, 2.75) is 19.8 Å². The zero-order chi connectivity index (χ0) is 15.0. The summed E-state index contributed by atoms with van der Waals surface area (Å²) in [5.41, 5.74) is 0.737. The Labute approximate surface area is 117 Å². The number of benzene rings is 1. The van der Waals surface area contributed by atoms with Gasteiger partial charge in [0, 0.05) is 19.0 Å². The minimum Gasteiger partial charge on any atom is -0.481 e. The van der Waals surface area contributed by atoms with Crippen LogP contribution in [0.5, 0.6) is 0 Å². The molecule has 1 aromatic rings. The molecule has 4 nitrogen and oxygen atoms in total. The average molecular weight is 279 g/mol. The molecule has 0 saturated carbocycles. The first-order valence-corrected chi connectivity index (χ1v) is 6.40. The summed E-state index contributed by atoms with van der Waals surface area (Å²) in [6.07, 6.45) is 3.59. The number of rotatable bonds is 7. The highest BCUT2D eigenvalue weighted by Gasteiger charge is 2.06. The van der Waals surface area contributed by atoms with Crippen LogP contribution in [0, 0.1) is 11.7 Å². The first-order valence-electron chi connectivity index (χ1n) is 6.40. The van der Waals surface area contributed by atoms with E-state index in [0.29, 0.717) is 13.0 Å². The topological polar surface area (TPSA) is 66.4 Å². The van der Waals surface area contributed by atoms with Gasteiger partial charge in [-0.3, -0.25) is 9.59 Å².